The van der Waals surface area contributed by atoms with Crippen molar-refractivity contribution in [3.8, 4) is 29.0 Å². The van der Waals surface area contributed by atoms with Gasteiger partial charge in [-0.25, -0.2) is 0 Å². The van der Waals surface area contributed by atoms with Gasteiger partial charge in [0.25, 0.3) is 0 Å². The quantitative estimate of drug-likeness (QED) is 0.262. The first-order valence-electron chi connectivity index (χ1n) is 11.7. The van der Waals surface area contributed by atoms with Gasteiger partial charge >= 0.3 is 0 Å². The van der Waals surface area contributed by atoms with Gasteiger partial charge in [-0.15, -0.1) is 0 Å². The molecule has 0 spiro atoms. The van der Waals surface area contributed by atoms with E-state index in [0.717, 1.165) is 60.6 Å². The summed E-state index contributed by atoms with van der Waals surface area (Å²) in [6.07, 6.45) is 0. The third kappa shape index (κ3) is 2.79. The predicted molar refractivity (Wildman–Crippen MR) is 143 cm³/mol. The Morgan fingerprint density at radius 3 is 1.94 bits per heavy atom. The lowest BCUT2D eigenvalue weighted by Gasteiger charge is -2.16. The smallest absolute Gasteiger partial charge is 0.135 e. The van der Waals surface area contributed by atoms with Crippen molar-refractivity contribution in [2.75, 3.05) is 0 Å². The molecule has 7 rings (SSSR count). The van der Waals surface area contributed by atoms with E-state index in [-0.39, 0.29) is 0 Å². The number of rotatable bonds is 2. The molecular weight excluding hydrogens is 442 g/mol. The maximum atomic E-state index is 10.2. The Labute approximate surface area is 206 Å². The normalized spacial score (nSPS) is 11.3. The lowest BCUT2D eigenvalue weighted by atomic mass is 9.98. The summed E-state index contributed by atoms with van der Waals surface area (Å²) in [6.45, 7) is 0. The third-order valence-corrected chi connectivity index (χ3v) is 6.87. The highest BCUT2D eigenvalue weighted by Crippen LogP contribution is 2.39. The van der Waals surface area contributed by atoms with Crippen molar-refractivity contribution in [1.82, 2.24) is 4.57 Å². The van der Waals surface area contributed by atoms with Crippen LogP contribution in [0.2, 0.25) is 0 Å². The SMILES string of the molecule is N#Cc1ccc2oc3ccc(-c4cccc(C#N)c4-n4c5ccccc5c5ccccc54)cc3c2c1. The molecule has 166 valence electrons. The molecule has 0 atom stereocenters. The second kappa shape index (κ2) is 7.60. The molecular formula is C32H17N3O. The molecule has 4 nitrogen and oxygen atoms in total. The predicted octanol–water partition coefficient (Wildman–Crippen LogP) is 8.09. The molecule has 0 aliphatic rings. The summed E-state index contributed by atoms with van der Waals surface area (Å²) in [5.41, 5.74) is 7.58. The number of benzene rings is 5. The van der Waals surface area contributed by atoms with E-state index in [0.29, 0.717) is 11.1 Å². The number of fused-ring (bicyclic) bond motifs is 6. The van der Waals surface area contributed by atoms with Gasteiger partial charge in [0.15, 0.2) is 0 Å². The van der Waals surface area contributed by atoms with Crippen molar-refractivity contribution >= 4 is 43.7 Å². The molecule has 2 aromatic heterocycles. The van der Waals surface area contributed by atoms with E-state index in [1.807, 2.05) is 60.7 Å². The molecule has 0 saturated carbocycles. The number of furan rings is 1. The first kappa shape index (κ1) is 20.1. The third-order valence-electron chi connectivity index (χ3n) is 6.87. The van der Waals surface area contributed by atoms with Crippen LogP contribution >= 0.6 is 0 Å². The molecule has 0 aliphatic carbocycles. The number of hydrogen-bond donors (Lipinski definition) is 0. The summed E-state index contributed by atoms with van der Waals surface area (Å²) in [6, 6.07) is 38.7. The van der Waals surface area contributed by atoms with Crippen LogP contribution in [-0.2, 0) is 0 Å². The fourth-order valence-corrected chi connectivity index (χ4v) is 5.29. The molecule has 0 bridgehead atoms. The monoisotopic (exact) mass is 459 g/mol. The van der Waals surface area contributed by atoms with Crippen molar-refractivity contribution in [2.45, 2.75) is 0 Å². The second-order valence-corrected chi connectivity index (χ2v) is 8.82. The van der Waals surface area contributed by atoms with Gasteiger partial charge in [-0.1, -0.05) is 54.6 Å². The van der Waals surface area contributed by atoms with Crippen LogP contribution in [0.4, 0.5) is 0 Å². The van der Waals surface area contributed by atoms with E-state index >= 15 is 0 Å². The Bertz CT molecular complexity index is 2030. The van der Waals surface area contributed by atoms with Gasteiger partial charge < -0.3 is 8.98 Å². The van der Waals surface area contributed by atoms with Crippen LogP contribution < -0.4 is 0 Å². The molecule has 0 radical (unpaired) electrons. The van der Waals surface area contributed by atoms with Gasteiger partial charge in [0.2, 0.25) is 0 Å². The zero-order valence-electron chi connectivity index (χ0n) is 19.1. The molecule has 0 fully saturated rings. The topological polar surface area (TPSA) is 65.7 Å². The van der Waals surface area contributed by atoms with Gasteiger partial charge in [-0.2, -0.15) is 10.5 Å². The number of nitriles is 2. The average molecular weight is 460 g/mol. The van der Waals surface area contributed by atoms with Crippen LogP contribution in [0.1, 0.15) is 11.1 Å². The maximum absolute atomic E-state index is 10.2. The summed E-state index contributed by atoms with van der Waals surface area (Å²) < 4.78 is 8.24. The first-order chi connectivity index (χ1) is 17.8. The van der Waals surface area contributed by atoms with Crippen molar-refractivity contribution in [1.29, 1.82) is 10.5 Å². The molecule has 0 unspecified atom stereocenters. The van der Waals surface area contributed by atoms with Gasteiger partial charge in [0, 0.05) is 27.1 Å². The largest absolute Gasteiger partial charge is 0.456 e. The van der Waals surface area contributed by atoms with Crippen LogP contribution in [0.15, 0.2) is 108 Å². The molecule has 0 amide bonds. The van der Waals surface area contributed by atoms with Crippen molar-refractivity contribution in [2.24, 2.45) is 0 Å². The minimum Gasteiger partial charge on any atom is -0.456 e. The standard InChI is InChI=1S/C32H17N3O/c33-18-20-12-14-30-26(16-20)27-17-21(13-15-31(27)36-30)23-9-5-6-22(19-34)32(23)35-28-10-3-1-7-24(28)25-8-2-4-11-29(25)35/h1-17H. The van der Waals surface area contributed by atoms with E-state index in [2.05, 4.69) is 53.1 Å². The molecule has 4 heteroatoms. The fraction of sp³-hybridized carbons (Fsp3) is 0. The van der Waals surface area contributed by atoms with Gasteiger partial charge in [0.1, 0.15) is 17.2 Å². The highest BCUT2D eigenvalue weighted by atomic mass is 16.3. The average Bonchev–Trinajstić information content (AvgIpc) is 3.47. The van der Waals surface area contributed by atoms with Crippen molar-refractivity contribution < 1.29 is 4.42 Å². The zero-order chi connectivity index (χ0) is 24.2. The summed E-state index contributed by atoms with van der Waals surface area (Å²) in [7, 11) is 0. The number of aromatic nitrogens is 1. The van der Waals surface area contributed by atoms with Gasteiger partial charge in [-0.3, -0.25) is 0 Å². The van der Waals surface area contributed by atoms with Crippen LogP contribution in [-0.4, -0.2) is 4.57 Å². The van der Waals surface area contributed by atoms with Crippen molar-refractivity contribution in [3.63, 3.8) is 0 Å². The minimum absolute atomic E-state index is 0.591. The Kier molecular flexibility index (Phi) is 4.24. The molecule has 0 aliphatic heterocycles. The highest BCUT2D eigenvalue weighted by molar-refractivity contribution is 6.10. The molecule has 7 aromatic rings. The summed E-state index contributed by atoms with van der Waals surface area (Å²) in [5.74, 6) is 0. The van der Waals surface area contributed by atoms with E-state index < -0.39 is 0 Å². The number of nitrogens with zero attached hydrogens (tertiary/aromatic N) is 3. The summed E-state index contributed by atoms with van der Waals surface area (Å²) >= 11 is 0. The van der Waals surface area contributed by atoms with Crippen molar-refractivity contribution in [3.05, 3.63) is 114 Å². The number of para-hydroxylation sites is 3. The lowest BCUT2D eigenvalue weighted by Crippen LogP contribution is -2.00. The van der Waals surface area contributed by atoms with Gasteiger partial charge in [-0.05, 0) is 54.1 Å². The molecule has 5 aromatic carbocycles. The molecule has 2 heterocycles. The van der Waals surface area contributed by atoms with E-state index in [1.165, 1.54) is 0 Å². The Morgan fingerprint density at radius 2 is 1.25 bits per heavy atom. The summed E-state index contributed by atoms with van der Waals surface area (Å²) in [4.78, 5) is 0. The van der Waals surface area contributed by atoms with Crippen LogP contribution in [0.25, 0.3) is 60.6 Å². The number of hydrogen-bond acceptors (Lipinski definition) is 3. The van der Waals surface area contributed by atoms with Crippen LogP contribution in [0.3, 0.4) is 0 Å². The maximum Gasteiger partial charge on any atom is 0.135 e. The van der Waals surface area contributed by atoms with E-state index in [1.54, 1.807) is 6.07 Å². The molecule has 36 heavy (non-hydrogen) atoms. The lowest BCUT2D eigenvalue weighted by molar-refractivity contribution is 0.669. The first-order valence-corrected chi connectivity index (χ1v) is 11.7. The van der Waals surface area contributed by atoms with Gasteiger partial charge in [0.05, 0.1) is 33.9 Å². The van der Waals surface area contributed by atoms with Crippen LogP contribution in [0.5, 0.6) is 0 Å². The molecule has 0 N–H and O–H groups in total. The fourth-order valence-electron chi connectivity index (χ4n) is 5.29. The summed E-state index contributed by atoms with van der Waals surface area (Å²) in [5, 5.41) is 23.7. The van der Waals surface area contributed by atoms with Crippen LogP contribution in [0, 0.1) is 22.7 Å². The Balaban J connectivity index is 1.58. The second-order valence-electron chi connectivity index (χ2n) is 8.82. The Morgan fingerprint density at radius 1 is 0.583 bits per heavy atom. The zero-order valence-corrected chi connectivity index (χ0v) is 19.1. The minimum atomic E-state index is 0.591. The molecule has 0 saturated heterocycles. The van der Waals surface area contributed by atoms with E-state index in [9.17, 15) is 10.5 Å². The highest BCUT2D eigenvalue weighted by Gasteiger charge is 2.19. The van der Waals surface area contributed by atoms with E-state index in [4.69, 9.17) is 4.42 Å². The Hall–Kier alpha value is -5.32.